The number of aromatic amines is 1. The molecule has 0 saturated carbocycles. The molecule has 0 bridgehead atoms. The van der Waals surface area contributed by atoms with Crippen LogP contribution in [0.3, 0.4) is 0 Å². The molecule has 2 aromatic rings. The first-order valence-electron chi connectivity index (χ1n) is 6.66. The molecule has 6 nitrogen and oxygen atoms in total. The van der Waals surface area contributed by atoms with E-state index in [0.717, 1.165) is 17.7 Å². The van der Waals surface area contributed by atoms with E-state index in [4.69, 9.17) is 5.73 Å². The van der Waals surface area contributed by atoms with Crippen molar-refractivity contribution in [3.63, 3.8) is 0 Å². The van der Waals surface area contributed by atoms with Gasteiger partial charge in [0, 0.05) is 17.2 Å². The number of nitrogens with one attached hydrogen (secondary N) is 2. The lowest BCUT2D eigenvalue weighted by atomic mass is 10.1. The van der Waals surface area contributed by atoms with Crippen LogP contribution in [0, 0.1) is 5.92 Å². The van der Waals surface area contributed by atoms with Crippen LogP contribution in [0.15, 0.2) is 24.3 Å². The number of halogens is 1. The monoisotopic (exact) mass is 309 g/mol. The molecule has 1 amide bonds. The van der Waals surface area contributed by atoms with E-state index in [2.05, 4.69) is 20.5 Å². The van der Waals surface area contributed by atoms with E-state index in [1.54, 1.807) is 0 Å². The molecule has 0 saturated heterocycles. The molecule has 1 atom stereocenters. The third kappa shape index (κ3) is 4.27. The molecule has 1 unspecified atom stereocenters. The van der Waals surface area contributed by atoms with Crippen LogP contribution in [0.5, 0.6) is 0 Å². The normalized spacial score (nSPS) is 11.6. The summed E-state index contributed by atoms with van der Waals surface area (Å²) < 4.78 is 0. The number of anilines is 1. The van der Waals surface area contributed by atoms with Gasteiger partial charge in [0.15, 0.2) is 5.82 Å². The Balaban J connectivity index is 0.00000220. The number of rotatable bonds is 5. The summed E-state index contributed by atoms with van der Waals surface area (Å²) in [7, 11) is 0. The van der Waals surface area contributed by atoms with E-state index in [-0.39, 0.29) is 24.2 Å². The number of hydrogen-bond acceptors (Lipinski definition) is 4. The van der Waals surface area contributed by atoms with Crippen LogP contribution in [0.4, 0.5) is 5.69 Å². The number of H-pyrrole nitrogens is 1. The minimum absolute atomic E-state index is 0. The van der Waals surface area contributed by atoms with Gasteiger partial charge in [-0.2, -0.15) is 5.10 Å². The molecule has 0 fully saturated rings. The van der Waals surface area contributed by atoms with E-state index in [9.17, 15) is 4.79 Å². The van der Waals surface area contributed by atoms with Gasteiger partial charge in [-0.15, -0.1) is 12.4 Å². The van der Waals surface area contributed by atoms with Crippen LogP contribution in [-0.4, -0.2) is 21.1 Å². The number of benzene rings is 1. The molecule has 1 aromatic heterocycles. The van der Waals surface area contributed by atoms with Crippen LogP contribution in [0.1, 0.15) is 26.1 Å². The van der Waals surface area contributed by atoms with Crippen molar-refractivity contribution in [2.75, 3.05) is 5.32 Å². The van der Waals surface area contributed by atoms with E-state index in [0.29, 0.717) is 18.2 Å². The van der Waals surface area contributed by atoms with Crippen molar-refractivity contribution in [1.29, 1.82) is 0 Å². The number of carbonyl (C=O) groups is 1. The maximum absolute atomic E-state index is 11.8. The summed E-state index contributed by atoms with van der Waals surface area (Å²) in [6.45, 7) is 4.23. The van der Waals surface area contributed by atoms with Crippen molar-refractivity contribution in [3.8, 4) is 11.4 Å². The minimum atomic E-state index is 0. The van der Waals surface area contributed by atoms with Crippen molar-refractivity contribution < 1.29 is 4.79 Å². The fourth-order valence-electron chi connectivity index (χ4n) is 1.67. The number of amides is 1. The highest BCUT2D eigenvalue weighted by molar-refractivity contribution is 5.92. The first-order valence-corrected chi connectivity index (χ1v) is 6.66. The highest BCUT2D eigenvalue weighted by Crippen LogP contribution is 2.18. The lowest BCUT2D eigenvalue weighted by molar-refractivity contribution is -0.119. The van der Waals surface area contributed by atoms with Crippen LogP contribution in [0.2, 0.25) is 0 Å². The quantitative estimate of drug-likeness (QED) is 0.789. The van der Waals surface area contributed by atoms with Gasteiger partial charge >= 0.3 is 0 Å². The number of hydrogen-bond donors (Lipinski definition) is 3. The molecule has 0 spiro atoms. The highest BCUT2D eigenvalue weighted by atomic mass is 35.5. The molecular formula is C14H20ClN5O. The van der Waals surface area contributed by atoms with Crippen LogP contribution in [0.25, 0.3) is 11.4 Å². The molecule has 0 aliphatic carbocycles. The van der Waals surface area contributed by atoms with Gasteiger partial charge in [0.25, 0.3) is 0 Å². The Kier molecular flexibility index (Phi) is 6.33. The molecule has 0 aliphatic heterocycles. The minimum Gasteiger partial charge on any atom is -0.326 e. The summed E-state index contributed by atoms with van der Waals surface area (Å²) in [5, 5.41) is 9.73. The fraction of sp³-hybridized carbons (Fsp3) is 0.357. The van der Waals surface area contributed by atoms with Gasteiger partial charge in [0.2, 0.25) is 5.91 Å². The number of aromatic nitrogens is 3. The van der Waals surface area contributed by atoms with Crippen molar-refractivity contribution in [3.05, 3.63) is 30.1 Å². The first kappa shape index (κ1) is 17.1. The summed E-state index contributed by atoms with van der Waals surface area (Å²) in [5.74, 6) is 1.29. The van der Waals surface area contributed by atoms with Gasteiger partial charge < -0.3 is 11.1 Å². The lowest BCUT2D eigenvalue weighted by Gasteiger charge is -2.09. The second kappa shape index (κ2) is 7.75. The Morgan fingerprint density at radius 3 is 2.57 bits per heavy atom. The molecule has 4 N–H and O–H groups in total. The van der Waals surface area contributed by atoms with Crippen LogP contribution < -0.4 is 11.1 Å². The summed E-state index contributed by atoms with van der Waals surface area (Å²) in [6, 6.07) is 7.42. The summed E-state index contributed by atoms with van der Waals surface area (Å²) >= 11 is 0. The average molecular weight is 310 g/mol. The average Bonchev–Trinajstić information content (AvgIpc) is 2.96. The van der Waals surface area contributed by atoms with E-state index in [1.165, 1.54) is 0 Å². The molecule has 7 heteroatoms. The lowest BCUT2D eigenvalue weighted by Crippen LogP contribution is -2.19. The van der Waals surface area contributed by atoms with Gasteiger partial charge in [-0.3, -0.25) is 9.89 Å². The Labute approximate surface area is 129 Å². The molecule has 114 valence electrons. The highest BCUT2D eigenvalue weighted by Gasteiger charge is 2.11. The van der Waals surface area contributed by atoms with Crippen LogP contribution in [-0.2, 0) is 11.3 Å². The van der Waals surface area contributed by atoms with Crippen LogP contribution >= 0.6 is 12.4 Å². The van der Waals surface area contributed by atoms with Crippen molar-refractivity contribution in [1.82, 2.24) is 15.2 Å². The van der Waals surface area contributed by atoms with Crippen molar-refractivity contribution in [2.24, 2.45) is 11.7 Å². The Morgan fingerprint density at radius 2 is 2.05 bits per heavy atom. The smallest absolute Gasteiger partial charge is 0.227 e. The fourth-order valence-corrected chi connectivity index (χ4v) is 1.67. The third-order valence-electron chi connectivity index (χ3n) is 3.20. The maximum atomic E-state index is 11.8. The first-order chi connectivity index (χ1) is 9.63. The zero-order valence-corrected chi connectivity index (χ0v) is 12.9. The second-order valence-corrected chi connectivity index (χ2v) is 4.69. The predicted molar refractivity (Wildman–Crippen MR) is 85.0 cm³/mol. The summed E-state index contributed by atoms with van der Waals surface area (Å²) in [5.41, 5.74) is 7.13. The SMILES string of the molecule is CCC(C)C(=O)Nc1ccc(-c2n[nH]c(CN)n2)cc1.Cl. The van der Waals surface area contributed by atoms with Crippen molar-refractivity contribution >= 4 is 24.0 Å². The predicted octanol–water partition coefficient (Wildman–Crippen LogP) is 2.34. The topological polar surface area (TPSA) is 96.7 Å². The Morgan fingerprint density at radius 1 is 1.38 bits per heavy atom. The third-order valence-corrected chi connectivity index (χ3v) is 3.20. The zero-order chi connectivity index (χ0) is 14.5. The molecule has 1 heterocycles. The van der Waals surface area contributed by atoms with Gasteiger partial charge in [-0.25, -0.2) is 4.98 Å². The van der Waals surface area contributed by atoms with E-state index >= 15 is 0 Å². The Bertz CT molecular complexity index is 581. The number of nitrogens with zero attached hydrogens (tertiary/aromatic N) is 2. The summed E-state index contributed by atoms with van der Waals surface area (Å²) in [6.07, 6.45) is 0.822. The molecule has 1 aromatic carbocycles. The molecule has 2 rings (SSSR count). The maximum Gasteiger partial charge on any atom is 0.227 e. The van der Waals surface area contributed by atoms with E-state index in [1.807, 2.05) is 38.1 Å². The molecule has 0 radical (unpaired) electrons. The van der Waals surface area contributed by atoms with Crippen molar-refractivity contribution in [2.45, 2.75) is 26.8 Å². The number of nitrogens with two attached hydrogens (primary N) is 1. The number of carbonyl (C=O) groups excluding carboxylic acids is 1. The Hall–Kier alpha value is -1.92. The van der Waals surface area contributed by atoms with Gasteiger partial charge in [0.1, 0.15) is 5.82 Å². The standard InChI is InChI=1S/C14H19N5O.ClH/c1-3-9(2)14(20)16-11-6-4-10(5-7-11)13-17-12(8-15)18-19-13;/h4-7,9H,3,8,15H2,1-2H3,(H,16,20)(H,17,18,19);1H. The zero-order valence-electron chi connectivity index (χ0n) is 12.1. The second-order valence-electron chi connectivity index (χ2n) is 4.69. The largest absolute Gasteiger partial charge is 0.326 e. The molecular weight excluding hydrogens is 290 g/mol. The molecule has 21 heavy (non-hydrogen) atoms. The van der Waals surface area contributed by atoms with Gasteiger partial charge in [0.05, 0.1) is 6.54 Å². The summed E-state index contributed by atoms with van der Waals surface area (Å²) in [4.78, 5) is 16.0. The molecule has 0 aliphatic rings. The van der Waals surface area contributed by atoms with Gasteiger partial charge in [-0.1, -0.05) is 13.8 Å². The van der Waals surface area contributed by atoms with E-state index < -0.39 is 0 Å². The van der Waals surface area contributed by atoms with Gasteiger partial charge in [-0.05, 0) is 30.7 Å².